The standard InChI is InChI=1S/C9H9BrClFO/c10-7-2-3-8(12)9(6-7)13-5-1-4-11/h2-3,6H,1,4-5H2. The van der Waals surface area contributed by atoms with Crippen LogP contribution < -0.4 is 4.74 Å². The number of ether oxygens (including phenoxy) is 1. The minimum atomic E-state index is -0.349. The molecular weight excluding hydrogens is 258 g/mol. The molecule has 0 saturated carbocycles. The quantitative estimate of drug-likeness (QED) is 0.598. The summed E-state index contributed by atoms with van der Waals surface area (Å²) in [6.45, 7) is 0.441. The van der Waals surface area contributed by atoms with Crippen molar-refractivity contribution in [1.29, 1.82) is 0 Å². The molecule has 72 valence electrons. The highest BCUT2D eigenvalue weighted by atomic mass is 79.9. The summed E-state index contributed by atoms with van der Waals surface area (Å²) in [5.41, 5.74) is 0. The van der Waals surface area contributed by atoms with Crippen LogP contribution in [0.3, 0.4) is 0 Å². The molecule has 0 aromatic heterocycles. The Kier molecular flexibility index (Phi) is 4.53. The molecule has 4 heteroatoms. The molecule has 0 fully saturated rings. The van der Waals surface area contributed by atoms with Crippen molar-refractivity contribution in [2.45, 2.75) is 6.42 Å². The molecule has 0 aliphatic rings. The molecule has 0 heterocycles. The van der Waals surface area contributed by atoms with E-state index >= 15 is 0 Å². The highest BCUT2D eigenvalue weighted by molar-refractivity contribution is 9.10. The smallest absolute Gasteiger partial charge is 0.165 e. The second-order valence-electron chi connectivity index (χ2n) is 2.47. The predicted octanol–water partition coefficient (Wildman–Crippen LogP) is 3.60. The third-order valence-corrected chi connectivity index (χ3v) is 2.19. The van der Waals surface area contributed by atoms with Gasteiger partial charge >= 0.3 is 0 Å². The lowest BCUT2D eigenvalue weighted by Gasteiger charge is -2.05. The number of benzene rings is 1. The Labute approximate surface area is 90.0 Å². The van der Waals surface area contributed by atoms with Gasteiger partial charge in [-0.25, -0.2) is 4.39 Å². The minimum absolute atomic E-state index is 0.263. The van der Waals surface area contributed by atoms with Gasteiger partial charge in [-0.3, -0.25) is 0 Å². The fourth-order valence-electron chi connectivity index (χ4n) is 0.824. The van der Waals surface area contributed by atoms with Gasteiger partial charge in [0.25, 0.3) is 0 Å². The van der Waals surface area contributed by atoms with E-state index in [0.717, 1.165) is 4.47 Å². The molecule has 0 unspecified atom stereocenters. The van der Waals surface area contributed by atoms with E-state index in [4.69, 9.17) is 16.3 Å². The lowest BCUT2D eigenvalue weighted by Crippen LogP contribution is -1.99. The highest BCUT2D eigenvalue weighted by Gasteiger charge is 2.02. The number of halogens is 3. The predicted molar refractivity (Wildman–Crippen MR) is 54.9 cm³/mol. The summed E-state index contributed by atoms with van der Waals surface area (Å²) in [6.07, 6.45) is 0.716. The Bertz CT molecular complexity index is 280. The van der Waals surface area contributed by atoms with E-state index in [0.29, 0.717) is 18.9 Å². The van der Waals surface area contributed by atoms with Gasteiger partial charge in [0.2, 0.25) is 0 Å². The summed E-state index contributed by atoms with van der Waals surface area (Å²) in [5, 5.41) is 0. The first kappa shape index (κ1) is 10.8. The van der Waals surface area contributed by atoms with Crippen LogP contribution in [0.25, 0.3) is 0 Å². The van der Waals surface area contributed by atoms with Gasteiger partial charge in [0.05, 0.1) is 6.61 Å². The first-order valence-electron chi connectivity index (χ1n) is 3.88. The molecule has 0 atom stereocenters. The molecule has 0 amide bonds. The van der Waals surface area contributed by atoms with E-state index in [1.807, 2.05) is 0 Å². The molecule has 1 nitrogen and oxygen atoms in total. The monoisotopic (exact) mass is 266 g/mol. The van der Waals surface area contributed by atoms with Gasteiger partial charge in [-0.05, 0) is 24.6 Å². The van der Waals surface area contributed by atoms with Crippen molar-refractivity contribution in [3.63, 3.8) is 0 Å². The molecule has 0 saturated heterocycles. The van der Waals surface area contributed by atoms with Gasteiger partial charge in [-0.15, -0.1) is 11.6 Å². The van der Waals surface area contributed by atoms with E-state index < -0.39 is 0 Å². The molecule has 13 heavy (non-hydrogen) atoms. The maximum absolute atomic E-state index is 13.0. The zero-order valence-electron chi connectivity index (χ0n) is 6.90. The molecule has 1 aromatic carbocycles. The normalized spacial score (nSPS) is 10.1. The van der Waals surface area contributed by atoms with Crippen molar-refractivity contribution >= 4 is 27.5 Å². The summed E-state index contributed by atoms with van der Waals surface area (Å²) < 4.78 is 19.0. The summed E-state index contributed by atoms with van der Waals surface area (Å²) in [5.74, 6) is 0.438. The van der Waals surface area contributed by atoms with Crippen molar-refractivity contribution in [2.24, 2.45) is 0 Å². The third kappa shape index (κ3) is 3.53. The van der Waals surface area contributed by atoms with Crippen LogP contribution in [-0.2, 0) is 0 Å². The zero-order chi connectivity index (χ0) is 9.68. The van der Waals surface area contributed by atoms with E-state index in [2.05, 4.69) is 15.9 Å². The van der Waals surface area contributed by atoms with Crippen LogP contribution in [0.2, 0.25) is 0 Å². The van der Waals surface area contributed by atoms with E-state index in [9.17, 15) is 4.39 Å². The molecule has 0 aliphatic heterocycles. The van der Waals surface area contributed by atoms with Gasteiger partial charge in [-0.2, -0.15) is 0 Å². The molecule has 0 radical (unpaired) electrons. The number of alkyl halides is 1. The maximum atomic E-state index is 13.0. The number of rotatable bonds is 4. The Balaban J connectivity index is 2.59. The van der Waals surface area contributed by atoms with Crippen LogP contribution in [0.5, 0.6) is 5.75 Å². The average molecular weight is 268 g/mol. The number of hydrogen-bond acceptors (Lipinski definition) is 1. The molecular formula is C9H9BrClFO. The maximum Gasteiger partial charge on any atom is 0.165 e. The fourth-order valence-corrected chi connectivity index (χ4v) is 1.27. The van der Waals surface area contributed by atoms with Gasteiger partial charge in [0.15, 0.2) is 11.6 Å². The van der Waals surface area contributed by atoms with Gasteiger partial charge in [0.1, 0.15) is 0 Å². The molecule has 0 N–H and O–H groups in total. The third-order valence-electron chi connectivity index (χ3n) is 1.43. The molecule has 0 spiro atoms. The summed E-state index contributed by atoms with van der Waals surface area (Å²) >= 11 is 8.69. The minimum Gasteiger partial charge on any atom is -0.490 e. The fraction of sp³-hybridized carbons (Fsp3) is 0.333. The van der Waals surface area contributed by atoms with E-state index in [-0.39, 0.29) is 11.6 Å². The van der Waals surface area contributed by atoms with Crippen LogP contribution in [-0.4, -0.2) is 12.5 Å². The van der Waals surface area contributed by atoms with Crippen molar-refractivity contribution in [3.05, 3.63) is 28.5 Å². The van der Waals surface area contributed by atoms with Crippen molar-refractivity contribution in [2.75, 3.05) is 12.5 Å². The Morgan fingerprint density at radius 2 is 2.23 bits per heavy atom. The topological polar surface area (TPSA) is 9.23 Å². The Morgan fingerprint density at radius 1 is 1.46 bits per heavy atom. The van der Waals surface area contributed by atoms with Crippen LogP contribution in [0.1, 0.15) is 6.42 Å². The first-order valence-corrected chi connectivity index (χ1v) is 5.20. The van der Waals surface area contributed by atoms with E-state index in [1.54, 1.807) is 12.1 Å². The summed E-state index contributed by atoms with van der Waals surface area (Å²) in [6, 6.07) is 4.59. The summed E-state index contributed by atoms with van der Waals surface area (Å²) in [4.78, 5) is 0. The van der Waals surface area contributed by atoms with Gasteiger partial charge < -0.3 is 4.74 Å². The molecule has 1 rings (SSSR count). The number of hydrogen-bond donors (Lipinski definition) is 0. The highest BCUT2D eigenvalue weighted by Crippen LogP contribution is 2.22. The Hall–Kier alpha value is -0.280. The van der Waals surface area contributed by atoms with Crippen LogP contribution in [0, 0.1) is 5.82 Å². The summed E-state index contributed by atoms with van der Waals surface area (Å²) in [7, 11) is 0. The van der Waals surface area contributed by atoms with Crippen molar-refractivity contribution in [3.8, 4) is 5.75 Å². The molecule has 0 bridgehead atoms. The molecule has 0 aliphatic carbocycles. The van der Waals surface area contributed by atoms with Crippen LogP contribution in [0.4, 0.5) is 4.39 Å². The average Bonchev–Trinajstić information content (AvgIpc) is 2.11. The second-order valence-corrected chi connectivity index (χ2v) is 3.76. The van der Waals surface area contributed by atoms with Gasteiger partial charge in [0, 0.05) is 10.4 Å². The van der Waals surface area contributed by atoms with E-state index in [1.165, 1.54) is 6.07 Å². The second kappa shape index (κ2) is 5.45. The largest absolute Gasteiger partial charge is 0.490 e. The first-order chi connectivity index (χ1) is 6.24. The van der Waals surface area contributed by atoms with Crippen LogP contribution in [0.15, 0.2) is 22.7 Å². The SMILES string of the molecule is Fc1ccc(Br)cc1OCCCCl. The van der Waals surface area contributed by atoms with Crippen molar-refractivity contribution < 1.29 is 9.13 Å². The Morgan fingerprint density at radius 3 is 2.92 bits per heavy atom. The lowest BCUT2D eigenvalue weighted by molar-refractivity contribution is 0.302. The van der Waals surface area contributed by atoms with Gasteiger partial charge in [-0.1, -0.05) is 15.9 Å². The lowest BCUT2D eigenvalue weighted by atomic mass is 10.3. The molecule has 1 aromatic rings. The van der Waals surface area contributed by atoms with Crippen molar-refractivity contribution in [1.82, 2.24) is 0 Å². The zero-order valence-corrected chi connectivity index (χ0v) is 9.24. The van der Waals surface area contributed by atoms with Crippen LogP contribution >= 0.6 is 27.5 Å².